The molecule has 1 aliphatic carbocycles. The number of phenols is 2. The lowest BCUT2D eigenvalue weighted by atomic mass is 9.80. The fraction of sp³-hybridized carbons (Fsp3) is 0.235. The Kier molecular flexibility index (Phi) is 8.58. The first kappa shape index (κ1) is 28.4. The number of hydrogen-bond donors (Lipinski definition) is 2. The van der Waals surface area contributed by atoms with Crippen molar-refractivity contribution in [1.82, 2.24) is 0 Å². The van der Waals surface area contributed by atoms with Gasteiger partial charge in [0.2, 0.25) is 0 Å². The summed E-state index contributed by atoms with van der Waals surface area (Å²) in [6, 6.07) is 11.6. The van der Waals surface area contributed by atoms with Crippen molar-refractivity contribution in [3.05, 3.63) is 111 Å². The summed E-state index contributed by atoms with van der Waals surface area (Å²) < 4.78 is 11.5. The summed E-state index contributed by atoms with van der Waals surface area (Å²) in [6.45, 7) is 7.94. The van der Waals surface area contributed by atoms with E-state index in [1.54, 1.807) is 36.4 Å². The van der Waals surface area contributed by atoms with Gasteiger partial charge < -0.3 is 19.7 Å². The molecule has 1 aliphatic rings. The van der Waals surface area contributed by atoms with E-state index in [-0.39, 0.29) is 23.0 Å². The molecular weight excluding hydrogens is 504 g/mol. The molecule has 0 heterocycles. The molecule has 4 rings (SSSR count). The van der Waals surface area contributed by atoms with Gasteiger partial charge in [-0.1, -0.05) is 35.4 Å². The highest BCUT2D eigenvalue weighted by Gasteiger charge is 2.31. The van der Waals surface area contributed by atoms with Crippen LogP contribution in [0.2, 0.25) is 0 Å². The molecule has 0 saturated carbocycles. The Bertz CT molecular complexity index is 1550. The molecule has 0 spiro atoms. The third-order valence-corrected chi connectivity index (χ3v) is 6.75. The van der Waals surface area contributed by atoms with Gasteiger partial charge >= 0.3 is 5.97 Å². The van der Waals surface area contributed by atoms with Crippen LogP contribution in [0.4, 0.5) is 0 Å². The fourth-order valence-corrected chi connectivity index (χ4v) is 4.72. The Hall–Kier alpha value is -4.58. The van der Waals surface area contributed by atoms with Crippen LogP contribution in [0.5, 0.6) is 23.0 Å². The molecule has 0 fully saturated rings. The molecule has 40 heavy (non-hydrogen) atoms. The zero-order valence-electron chi connectivity index (χ0n) is 23.5. The number of carbonyl (C=O) groups is 2. The fourth-order valence-electron chi connectivity index (χ4n) is 4.72. The third kappa shape index (κ3) is 6.34. The van der Waals surface area contributed by atoms with Crippen LogP contribution in [0, 0.1) is 0 Å². The second kappa shape index (κ2) is 12.1. The molecule has 0 unspecified atom stereocenters. The molecule has 0 amide bonds. The van der Waals surface area contributed by atoms with Gasteiger partial charge in [0.1, 0.15) is 11.5 Å². The van der Waals surface area contributed by atoms with Gasteiger partial charge in [-0.2, -0.15) is 0 Å². The molecule has 0 saturated heterocycles. The van der Waals surface area contributed by atoms with E-state index in [0.717, 1.165) is 22.3 Å². The highest BCUT2D eigenvalue weighted by Crippen LogP contribution is 2.42. The van der Waals surface area contributed by atoms with Gasteiger partial charge in [0.05, 0.1) is 7.11 Å². The summed E-state index contributed by atoms with van der Waals surface area (Å²) in [6.07, 6.45) is 8.26. The minimum absolute atomic E-state index is 0.135. The smallest absolute Gasteiger partial charge is 0.336 e. The number of ketones is 1. The van der Waals surface area contributed by atoms with Crippen LogP contribution in [-0.2, 0) is 24.1 Å². The first-order valence-corrected chi connectivity index (χ1v) is 13.1. The molecule has 6 nitrogen and oxygen atoms in total. The number of aromatic hydroxyl groups is 2. The van der Waals surface area contributed by atoms with Crippen LogP contribution in [0.25, 0.3) is 6.08 Å². The zero-order valence-corrected chi connectivity index (χ0v) is 23.5. The van der Waals surface area contributed by atoms with E-state index in [9.17, 15) is 19.8 Å². The molecule has 0 bridgehead atoms. The summed E-state index contributed by atoms with van der Waals surface area (Å²) in [4.78, 5) is 26.7. The van der Waals surface area contributed by atoms with Gasteiger partial charge in [-0.3, -0.25) is 4.79 Å². The molecule has 6 heteroatoms. The SMILES string of the molecule is COc1c(OC(=O)/C=C/c2ccc(O)cc2)cc2c(c1CC=C(C)C)C(=O)c1cc(CC=C(C)C)c(O)cc1C2. The number of allylic oxidation sites excluding steroid dienone is 4. The van der Waals surface area contributed by atoms with E-state index in [4.69, 9.17) is 9.47 Å². The topological polar surface area (TPSA) is 93.1 Å². The third-order valence-electron chi connectivity index (χ3n) is 6.75. The van der Waals surface area contributed by atoms with Crippen LogP contribution in [-0.4, -0.2) is 29.1 Å². The summed E-state index contributed by atoms with van der Waals surface area (Å²) in [5.74, 6) is 0.0917. The maximum absolute atomic E-state index is 14.0. The Labute approximate surface area is 234 Å². The van der Waals surface area contributed by atoms with Crippen molar-refractivity contribution in [2.24, 2.45) is 0 Å². The minimum atomic E-state index is -0.608. The largest absolute Gasteiger partial charge is 0.508 e. The Morgan fingerprint density at radius 2 is 1.60 bits per heavy atom. The second-order valence-corrected chi connectivity index (χ2v) is 10.4. The average Bonchev–Trinajstić information content (AvgIpc) is 2.90. The lowest BCUT2D eigenvalue weighted by Gasteiger charge is -2.25. The van der Waals surface area contributed by atoms with Crippen LogP contribution < -0.4 is 9.47 Å². The van der Waals surface area contributed by atoms with Crippen molar-refractivity contribution in [1.29, 1.82) is 0 Å². The van der Waals surface area contributed by atoms with E-state index < -0.39 is 5.97 Å². The molecule has 0 radical (unpaired) electrons. The van der Waals surface area contributed by atoms with Crippen LogP contribution in [0.1, 0.15) is 71.4 Å². The van der Waals surface area contributed by atoms with Crippen molar-refractivity contribution < 1.29 is 29.3 Å². The Balaban J connectivity index is 1.76. The van der Waals surface area contributed by atoms with E-state index >= 15 is 0 Å². The van der Waals surface area contributed by atoms with Crippen molar-refractivity contribution in [2.75, 3.05) is 7.11 Å². The van der Waals surface area contributed by atoms with Gasteiger partial charge in [-0.25, -0.2) is 4.79 Å². The van der Waals surface area contributed by atoms with Gasteiger partial charge in [0.25, 0.3) is 0 Å². The van der Waals surface area contributed by atoms with Gasteiger partial charge in [0.15, 0.2) is 17.3 Å². The highest BCUT2D eigenvalue weighted by atomic mass is 16.6. The van der Waals surface area contributed by atoms with Gasteiger partial charge in [-0.05, 0) is 106 Å². The summed E-state index contributed by atoms with van der Waals surface area (Å²) >= 11 is 0. The van der Waals surface area contributed by atoms with E-state index in [0.29, 0.717) is 52.8 Å². The number of fused-ring (bicyclic) bond motifs is 2. The number of methoxy groups -OCH3 is 1. The van der Waals surface area contributed by atoms with Crippen molar-refractivity contribution in [3.8, 4) is 23.0 Å². The predicted molar refractivity (Wildman–Crippen MR) is 156 cm³/mol. The summed E-state index contributed by atoms with van der Waals surface area (Å²) in [7, 11) is 1.49. The van der Waals surface area contributed by atoms with Crippen LogP contribution in [0.3, 0.4) is 0 Å². The lowest BCUT2D eigenvalue weighted by Crippen LogP contribution is -2.19. The van der Waals surface area contributed by atoms with Gasteiger partial charge in [-0.15, -0.1) is 0 Å². The number of benzene rings is 3. The summed E-state index contributed by atoms with van der Waals surface area (Å²) in [5.41, 5.74) is 6.81. The second-order valence-electron chi connectivity index (χ2n) is 10.4. The van der Waals surface area contributed by atoms with Crippen LogP contribution >= 0.6 is 0 Å². The van der Waals surface area contributed by atoms with Crippen molar-refractivity contribution in [3.63, 3.8) is 0 Å². The Morgan fingerprint density at radius 3 is 2.25 bits per heavy atom. The lowest BCUT2D eigenvalue weighted by molar-refractivity contribution is -0.129. The number of hydrogen-bond acceptors (Lipinski definition) is 6. The quantitative estimate of drug-likeness (QED) is 0.110. The summed E-state index contributed by atoms with van der Waals surface area (Å²) in [5, 5.41) is 20.1. The van der Waals surface area contributed by atoms with Gasteiger partial charge in [0, 0.05) is 22.8 Å². The standard InChI is InChI=1S/C34H34O6/c1-20(2)6-11-23-17-28-24(18-29(23)36)16-25-19-30(40-31(37)15-10-22-8-12-26(35)13-9-22)34(39-5)27(14-7-21(3)4)32(25)33(28)38/h6-10,12-13,15,17-19,35-36H,11,14,16H2,1-5H3/b15-10+. The van der Waals surface area contributed by atoms with Crippen molar-refractivity contribution >= 4 is 17.8 Å². The van der Waals surface area contributed by atoms with E-state index in [1.807, 2.05) is 39.8 Å². The minimum Gasteiger partial charge on any atom is -0.508 e. The molecule has 3 aromatic carbocycles. The molecular formula is C34H34O6. The number of rotatable bonds is 8. The Morgan fingerprint density at radius 1 is 0.925 bits per heavy atom. The maximum Gasteiger partial charge on any atom is 0.336 e. The monoisotopic (exact) mass is 538 g/mol. The molecule has 3 aromatic rings. The molecule has 0 aliphatic heterocycles. The predicted octanol–water partition coefficient (Wildman–Crippen LogP) is 6.88. The average molecular weight is 539 g/mol. The van der Waals surface area contributed by atoms with Crippen molar-refractivity contribution in [2.45, 2.75) is 47.0 Å². The zero-order chi connectivity index (χ0) is 29.0. The van der Waals surface area contributed by atoms with E-state index in [1.165, 1.54) is 25.3 Å². The molecule has 0 aromatic heterocycles. The molecule has 206 valence electrons. The normalized spacial score (nSPS) is 12.0. The number of ether oxygens (including phenoxy) is 2. The molecule has 0 atom stereocenters. The molecule has 2 N–H and O–H groups in total. The first-order valence-electron chi connectivity index (χ1n) is 13.1. The first-order chi connectivity index (χ1) is 19.1. The number of phenolic OH excluding ortho intramolecular Hbond substituents is 2. The maximum atomic E-state index is 14.0. The number of carbonyl (C=O) groups excluding carboxylic acids is 2. The number of esters is 1. The highest BCUT2D eigenvalue weighted by molar-refractivity contribution is 6.14. The van der Waals surface area contributed by atoms with Crippen LogP contribution in [0.15, 0.2) is 71.8 Å². The van der Waals surface area contributed by atoms with E-state index in [2.05, 4.69) is 0 Å².